The average Bonchev–Trinajstić information content (AvgIpc) is 3.36. The number of rotatable bonds is 6. The van der Waals surface area contributed by atoms with Crippen molar-refractivity contribution in [2.75, 3.05) is 32.0 Å². The van der Waals surface area contributed by atoms with Crippen molar-refractivity contribution >= 4 is 17.6 Å². The second-order valence-corrected chi connectivity index (χ2v) is 7.04. The van der Waals surface area contributed by atoms with Crippen LogP contribution in [0, 0.1) is 0 Å². The van der Waals surface area contributed by atoms with Crippen LogP contribution in [0.1, 0.15) is 22.5 Å². The minimum absolute atomic E-state index is 0.0996. The first-order chi connectivity index (χ1) is 14.3. The van der Waals surface area contributed by atoms with Gasteiger partial charge in [-0.15, -0.1) is 0 Å². The number of hydrogen-bond acceptors (Lipinski definition) is 4. The number of aliphatic imine (C=N–C) groups is 1. The summed E-state index contributed by atoms with van der Waals surface area (Å²) in [6, 6.07) is 10.4. The average molecular weight is 423 g/mol. The summed E-state index contributed by atoms with van der Waals surface area (Å²) in [4.78, 5) is 17.6. The van der Waals surface area contributed by atoms with E-state index in [9.17, 15) is 18.0 Å². The summed E-state index contributed by atoms with van der Waals surface area (Å²) in [5.74, 6) is 0.394. The number of guanidine groups is 1. The van der Waals surface area contributed by atoms with E-state index in [4.69, 9.17) is 4.42 Å². The normalized spacial score (nSPS) is 17.7. The smallest absolute Gasteiger partial charge is 0.401 e. The molecule has 0 spiro atoms. The van der Waals surface area contributed by atoms with Crippen molar-refractivity contribution in [2.45, 2.75) is 25.2 Å². The Bertz CT molecular complexity index is 868. The minimum Gasteiger partial charge on any atom is -0.459 e. The van der Waals surface area contributed by atoms with Crippen molar-refractivity contribution in [2.24, 2.45) is 4.99 Å². The van der Waals surface area contributed by atoms with Crippen molar-refractivity contribution in [3.05, 3.63) is 54.0 Å². The molecule has 1 saturated heterocycles. The van der Waals surface area contributed by atoms with Gasteiger partial charge < -0.3 is 20.4 Å². The third-order valence-corrected chi connectivity index (χ3v) is 4.63. The van der Waals surface area contributed by atoms with Gasteiger partial charge in [0.15, 0.2) is 11.7 Å². The fraction of sp³-hybridized carbons (Fsp3) is 0.400. The second-order valence-electron chi connectivity index (χ2n) is 7.04. The minimum atomic E-state index is -4.19. The number of nitrogens with zero attached hydrogens (tertiary/aromatic N) is 2. The van der Waals surface area contributed by atoms with Gasteiger partial charge in [-0.25, -0.2) is 0 Å². The number of carbonyl (C=O) groups is 1. The van der Waals surface area contributed by atoms with Gasteiger partial charge in [-0.2, -0.15) is 13.2 Å². The lowest BCUT2D eigenvalue weighted by molar-refractivity contribution is -0.143. The molecule has 1 aromatic carbocycles. The number of benzene rings is 1. The highest BCUT2D eigenvalue weighted by atomic mass is 19.4. The van der Waals surface area contributed by atoms with Gasteiger partial charge in [0.05, 0.1) is 12.8 Å². The first-order valence-electron chi connectivity index (χ1n) is 9.52. The lowest BCUT2D eigenvalue weighted by Gasteiger charge is -2.20. The SMILES string of the molecule is CN=C(NCc1cccc(NC(=O)c2ccco2)c1)NC1CCN(CC(F)(F)F)C1. The van der Waals surface area contributed by atoms with Gasteiger partial charge in [0.25, 0.3) is 5.91 Å². The number of carbonyl (C=O) groups excluding carboxylic acids is 1. The topological polar surface area (TPSA) is 81.9 Å². The molecular weight excluding hydrogens is 399 g/mol. The molecule has 0 saturated carbocycles. The number of furan rings is 1. The Labute approximate surface area is 172 Å². The Balaban J connectivity index is 1.49. The largest absolute Gasteiger partial charge is 0.459 e. The van der Waals surface area contributed by atoms with Gasteiger partial charge in [-0.3, -0.25) is 14.7 Å². The van der Waals surface area contributed by atoms with E-state index in [1.165, 1.54) is 11.2 Å². The maximum absolute atomic E-state index is 12.5. The number of hydrogen-bond donors (Lipinski definition) is 3. The molecule has 0 aliphatic carbocycles. The molecule has 0 radical (unpaired) electrons. The first kappa shape index (κ1) is 21.7. The van der Waals surface area contributed by atoms with Crippen molar-refractivity contribution in [1.82, 2.24) is 15.5 Å². The standard InChI is InChI=1S/C20H24F3N5O2/c1-24-19(27-16-7-8-28(12-16)13-20(21,22)23)25-11-14-4-2-5-15(10-14)26-18(29)17-6-3-9-30-17/h2-6,9-10,16H,7-8,11-13H2,1H3,(H,26,29)(H2,24,25,27). The van der Waals surface area contributed by atoms with E-state index < -0.39 is 12.7 Å². The van der Waals surface area contributed by atoms with Gasteiger partial charge in [0, 0.05) is 38.4 Å². The molecule has 0 bridgehead atoms. The summed E-state index contributed by atoms with van der Waals surface area (Å²) in [5.41, 5.74) is 1.53. The lowest BCUT2D eigenvalue weighted by atomic mass is 10.2. The lowest BCUT2D eigenvalue weighted by Crippen LogP contribution is -2.44. The quantitative estimate of drug-likeness (QED) is 0.492. The van der Waals surface area contributed by atoms with Gasteiger partial charge in [0.1, 0.15) is 0 Å². The molecule has 1 unspecified atom stereocenters. The first-order valence-corrected chi connectivity index (χ1v) is 9.52. The third kappa shape index (κ3) is 6.51. The van der Waals surface area contributed by atoms with E-state index in [0.29, 0.717) is 37.7 Å². The fourth-order valence-corrected chi connectivity index (χ4v) is 3.28. The molecule has 1 atom stereocenters. The van der Waals surface area contributed by atoms with Crippen molar-refractivity contribution in [3.63, 3.8) is 0 Å². The Hall–Kier alpha value is -3.01. The molecular formula is C20H24F3N5O2. The summed E-state index contributed by atoms with van der Waals surface area (Å²) in [5, 5.41) is 9.08. The molecule has 1 aliphatic heterocycles. The maximum atomic E-state index is 12.5. The Morgan fingerprint density at radius 1 is 1.30 bits per heavy atom. The Kier molecular flexibility index (Phi) is 6.99. The number of likely N-dealkylation sites (tertiary alicyclic amines) is 1. The van der Waals surface area contributed by atoms with Gasteiger partial charge >= 0.3 is 6.18 Å². The fourth-order valence-electron chi connectivity index (χ4n) is 3.28. The summed E-state index contributed by atoms with van der Waals surface area (Å²) >= 11 is 0. The molecule has 1 aromatic heterocycles. The molecule has 7 nitrogen and oxygen atoms in total. The predicted molar refractivity (Wildman–Crippen MR) is 107 cm³/mol. The van der Waals surface area contributed by atoms with E-state index >= 15 is 0 Å². The number of amides is 1. The third-order valence-electron chi connectivity index (χ3n) is 4.63. The summed E-state index contributed by atoms with van der Waals surface area (Å²) in [6.07, 6.45) is -2.14. The van der Waals surface area contributed by atoms with Crippen LogP contribution >= 0.6 is 0 Å². The van der Waals surface area contributed by atoms with Crippen LogP contribution < -0.4 is 16.0 Å². The van der Waals surface area contributed by atoms with Crippen molar-refractivity contribution in [3.8, 4) is 0 Å². The van der Waals surface area contributed by atoms with Crippen LogP contribution in [-0.2, 0) is 6.54 Å². The monoisotopic (exact) mass is 423 g/mol. The van der Waals surface area contributed by atoms with E-state index in [0.717, 1.165) is 5.56 Å². The molecule has 30 heavy (non-hydrogen) atoms. The number of alkyl halides is 3. The van der Waals surface area contributed by atoms with Crippen molar-refractivity contribution < 1.29 is 22.4 Å². The summed E-state index contributed by atoms with van der Waals surface area (Å²) in [6.45, 7) is 0.247. The molecule has 3 rings (SSSR count). The highest BCUT2D eigenvalue weighted by Gasteiger charge is 2.34. The molecule has 2 heterocycles. The van der Waals surface area contributed by atoms with Crippen LogP contribution in [0.2, 0.25) is 0 Å². The Morgan fingerprint density at radius 3 is 2.83 bits per heavy atom. The van der Waals surface area contributed by atoms with Crippen LogP contribution in [0.3, 0.4) is 0 Å². The predicted octanol–water partition coefficient (Wildman–Crippen LogP) is 2.83. The van der Waals surface area contributed by atoms with Crippen LogP contribution in [0.4, 0.5) is 18.9 Å². The number of nitrogens with one attached hydrogen (secondary N) is 3. The molecule has 3 N–H and O–H groups in total. The van der Waals surface area contributed by atoms with E-state index in [1.54, 1.807) is 25.2 Å². The number of halogens is 3. The molecule has 2 aromatic rings. The highest BCUT2D eigenvalue weighted by molar-refractivity contribution is 6.02. The molecule has 1 aliphatic rings. The van der Waals surface area contributed by atoms with Crippen molar-refractivity contribution in [1.29, 1.82) is 0 Å². The molecule has 1 amide bonds. The van der Waals surface area contributed by atoms with Crippen LogP contribution in [-0.4, -0.2) is 55.7 Å². The zero-order valence-corrected chi connectivity index (χ0v) is 16.5. The maximum Gasteiger partial charge on any atom is 0.401 e. The van der Waals surface area contributed by atoms with E-state index in [1.807, 2.05) is 18.2 Å². The van der Waals surface area contributed by atoms with Crippen LogP contribution in [0.25, 0.3) is 0 Å². The summed E-state index contributed by atoms with van der Waals surface area (Å²) in [7, 11) is 1.61. The van der Waals surface area contributed by atoms with Crippen LogP contribution in [0.5, 0.6) is 0 Å². The van der Waals surface area contributed by atoms with Gasteiger partial charge in [0.2, 0.25) is 0 Å². The van der Waals surface area contributed by atoms with E-state index in [2.05, 4.69) is 20.9 Å². The second kappa shape index (κ2) is 9.66. The summed E-state index contributed by atoms with van der Waals surface area (Å²) < 4.78 is 42.7. The van der Waals surface area contributed by atoms with E-state index in [-0.39, 0.29) is 17.7 Å². The number of anilines is 1. The highest BCUT2D eigenvalue weighted by Crippen LogP contribution is 2.20. The van der Waals surface area contributed by atoms with Gasteiger partial charge in [-0.05, 0) is 36.2 Å². The zero-order valence-electron chi connectivity index (χ0n) is 16.5. The molecule has 162 valence electrons. The molecule has 10 heteroatoms. The van der Waals surface area contributed by atoms with Gasteiger partial charge in [-0.1, -0.05) is 12.1 Å². The molecule has 1 fully saturated rings. The Morgan fingerprint density at radius 2 is 2.13 bits per heavy atom. The zero-order chi connectivity index (χ0) is 21.6. The van der Waals surface area contributed by atoms with Crippen LogP contribution in [0.15, 0.2) is 52.1 Å².